The number of rotatable bonds is 4. The predicted molar refractivity (Wildman–Crippen MR) is 102 cm³/mol. The lowest BCUT2D eigenvalue weighted by Gasteiger charge is -2.38. The second-order valence-electron chi connectivity index (χ2n) is 7.81. The van der Waals surface area contributed by atoms with E-state index in [1.807, 2.05) is 12.1 Å². The highest BCUT2D eigenvalue weighted by Gasteiger charge is 2.31. The molecule has 5 heteroatoms. The fourth-order valence-corrected chi connectivity index (χ4v) is 5.53. The van der Waals surface area contributed by atoms with Crippen molar-refractivity contribution in [1.82, 2.24) is 9.21 Å². The number of hydrogen-bond acceptors (Lipinski definition) is 3. The zero-order valence-corrected chi connectivity index (χ0v) is 16.5. The van der Waals surface area contributed by atoms with Gasteiger partial charge in [-0.2, -0.15) is 4.31 Å². The highest BCUT2D eigenvalue weighted by atomic mass is 32.2. The van der Waals surface area contributed by atoms with Gasteiger partial charge >= 0.3 is 0 Å². The Labute approximate surface area is 153 Å². The van der Waals surface area contributed by atoms with Gasteiger partial charge in [-0.3, -0.25) is 4.90 Å². The van der Waals surface area contributed by atoms with Crippen molar-refractivity contribution in [1.29, 1.82) is 0 Å². The molecule has 1 heterocycles. The first kappa shape index (κ1) is 18.9. The van der Waals surface area contributed by atoms with E-state index in [2.05, 4.69) is 18.7 Å². The van der Waals surface area contributed by atoms with Crippen molar-refractivity contribution in [2.24, 2.45) is 0 Å². The molecular formula is C20H32N2O2S. The number of piperazine rings is 1. The van der Waals surface area contributed by atoms with E-state index in [1.165, 1.54) is 44.1 Å². The molecule has 3 rings (SSSR count). The van der Waals surface area contributed by atoms with Crippen LogP contribution in [0.15, 0.2) is 29.2 Å². The van der Waals surface area contributed by atoms with E-state index < -0.39 is 10.0 Å². The lowest BCUT2D eigenvalue weighted by molar-refractivity contribution is 0.126. The first-order valence-electron chi connectivity index (χ1n) is 9.82. The topological polar surface area (TPSA) is 40.6 Å². The van der Waals surface area contributed by atoms with Gasteiger partial charge in [0.15, 0.2) is 0 Å². The van der Waals surface area contributed by atoms with Gasteiger partial charge in [0.25, 0.3) is 0 Å². The van der Waals surface area contributed by atoms with E-state index in [1.54, 1.807) is 16.4 Å². The molecule has 140 valence electrons. The van der Waals surface area contributed by atoms with Gasteiger partial charge in [0.2, 0.25) is 10.0 Å². The zero-order chi connectivity index (χ0) is 17.9. The first-order valence-corrected chi connectivity index (χ1v) is 11.3. The summed E-state index contributed by atoms with van der Waals surface area (Å²) in [5.74, 6) is 0.417. The molecule has 0 amide bonds. The molecule has 2 fully saturated rings. The van der Waals surface area contributed by atoms with Crippen LogP contribution < -0.4 is 0 Å². The van der Waals surface area contributed by atoms with E-state index in [9.17, 15) is 8.42 Å². The molecule has 1 aliphatic carbocycles. The maximum Gasteiger partial charge on any atom is 0.243 e. The molecule has 1 aromatic rings. The molecule has 0 spiro atoms. The second kappa shape index (κ2) is 8.19. The van der Waals surface area contributed by atoms with E-state index in [0.29, 0.717) is 29.9 Å². The van der Waals surface area contributed by atoms with Crippen LogP contribution in [0, 0.1) is 0 Å². The average Bonchev–Trinajstić information content (AvgIpc) is 2.91. The number of hydrogen-bond donors (Lipinski definition) is 0. The van der Waals surface area contributed by atoms with Gasteiger partial charge in [-0.1, -0.05) is 51.7 Å². The Kier molecular flexibility index (Phi) is 6.18. The number of benzene rings is 1. The summed E-state index contributed by atoms with van der Waals surface area (Å²) in [6, 6.07) is 8.08. The minimum absolute atomic E-state index is 0.417. The third-order valence-corrected chi connectivity index (χ3v) is 7.71. The third-order valence-electron chi connectivity index (χ3n) is 5.80. The lowest BCUT2D eigenvalue weighted by atomic mass is 10.0. The third kappa shape index (κ3) is 4.44. The molecule has 0 aromatic heterocycles. The molecule has 1 saturated carbocycles. The average molecular weight is 365 g/mol. The van der Waals surface area contributed by atoms with Gasteiger partial charge < -0.3 is 0 Å². The van der Waals surface area contributed by atoms with Crippen LogP contribution in [-0.4, -0.2) is 49.8 Å². The molecule has 25 heavy (non-hydrogen) atoms. The Morgan fingerprint density at radius 1 is 0.880 bits per heavy atom. The van der Waals surface area contributed by atoms with Crippen molar-refractivity contribution in [3.05, 3.63) is 29.8 Å². The van der Waals surface area contributed by atoms with Crippen LogP contribution in [0.5, 0.6) is 0 Å². The van der Waals surface area contributed by atoms with E-state index in [-0.39, 0.29) is 0 Å². The highest BCUT2D eigenvalue weighted by molar-refractivity contribution is 7.89. The van der Waals surface area contributed by atoms with E-state index in [4.69, 9.17) is 0 Å². The Morgan fingerprint density at radius 3 is 1.96 bits per heavy atom. The first-order chi connectivity index (χ1) is 12.0. The van der Waals surface area contributed by atoms with Crippen LogP contribution in [0.3, 0.4) is 0 Å². The summed E-state index contributed by atoms with van der Waals surface area (Å²) in [4.78, 5) is 2.96. The molecule has 1 aromatic carbocycles. The van der Waals surface area contributed by atoms with Gasteiger partial charge in [0.05, 0.1) is 4.90 Å². The van der Waals surface area contributed by atoms with Crippen molar-refractivity contribution in [3.8, 4) is 0 Å². The number of nitrogens with zero attached hydrogens (tertiary/aromatic N) is 2. The quantitative estimate of drug-likeness (QED) is 0.762. The molecule has 4 nitrogen and oxygen atoms in total. The van der Waals surface area contributed by atoms with E-state index in [0.717, 1.165) is 13.1 Å². The number of sulfonamides is 1. The van der Waals surface area contributed by atoms with Crippen LogP contribution in [0.1, 0.15) is 63.9 Å². The molecule has 0 N–H and O–H groups in total. The molecule has 0 atom stereocenters. The Hall–Kier alpha value is -0.910. The van der Waals surface area contributed by atoms with Gasteiger partial charge in [-0.05, 0) is 36.5 Å². The van der Waals surface area contributed by atoms with Crippen molar-refractivity contribution in [3.63, 3.8) is 0 Å². The van der Waals surface area contributed by atoms with Crippen LogP contribution in [-0.2, 0) is 10.0 Å². The molecule has 0 bridgehead atoms. The molecular weight excluding hydrogens is 332 g/mol. The Bertz CT molecular complexity index is 639. The fourth-order valence-electron chi connectivity index (χ4n) is 4.11. The van der Waals surface area contributed by atoms with Crippen LogP contribution in [0.2, 0.25) is 0 Å². The smallest absolute Gasteiger partial charge is 0.243 e. The van der Waals surface area contributed by atoms with Crippen molar-refractivity contribution in [2.75, 3.05) is 26.2 Å². The van der Waals surface area contributed by atoms with Crippen molar-refractivity contribution < 1.29 is 8.42 Å². The summed E-state index contributed by atoms with van der Waals surface area (Å²) < 4.78 is 27.5. The summed E-state index contributed by atoms with van der Waals surface area (Å²) in [6.07, 6.45) is 7.93. The molecule has 1 saturated heterocycles. The summed E-state index contributed by atoms with van der Waals surface area (Å²) in [6.45, 7) is 7.21. The monoisotopic (exact) mass is 364 g/mol. The minimum Gasteiger partial charge on any atom is -0.298 e. The minimum atomic E-state index is -3.36. The predicted octanol–water partition coefficient (Wildman–Crippen LogP) is 3.84. The highest BCUT2D eigenvalue weighted by Crippen LogP contribution is 2.25. The van der Waals surface area contributed by atoms with Gasteiger partial charge in [0.1, 0.15) is 0 Å². The standard InChI is InChI=1S/C20H32N2O2S/c1-17(2)18-9-11-20(12-10-18)25(23,24)22-15-13-21(14-16-22)19-7-5-3-4-6-8-19/h9-12,17,19H,3-8,13-16H2,1-2H3. The largest absolute Gasteiger partial charge is 0.298 e. The fraction of sp³-hybridized carbons (Fsp3) is 0.700. The summed E-state index contributed by atoms with van der Waals surface area (Å²) in [5, 5.41) is 0. The molecule has 0 radical (unpaired) electrons. The van der Waals surface area contributed by atoms with Crippen molar-refractivity contribution >= 4 is 10.0 Å². The molecule has 1 aliphatic heterocycles. The zero-order valence-electron chi connectivity index (χ0n) is 15.7. The normalized spacial score (nSPS) is 22.2. The Balaban J connectivity index is 1.62. The van der Waals surface area contributed by atoms with Crippen LogP contribution in [0.25, 0.3) is 0 Å². The Morgan fingerprint density at radius 2 is 1.44 bits per heavy atom. The lowest BCUT2D eigenvalue weighted by Crippen LogP contribution is -2.51. The van der Waals surface area contributed by atoms with Gasteiger partial charge in [-0.25, -0.2) is 8.42 Å². The summed E-state index contributed by atoms with van der Waals surface area (Å²) in [5.41, 5.74) is 1.18. The van der Waals surface area contributed by atoms with Crippen molar-refractivity contribution in [2.45, 2.75) is 69.2 Å². The summed E-state index contributed by atoms with van der Waals surface area (Å²) >= 11 is 0. The van der Waals surface area contributed by atoms with E-state index >= 15 is 0 Å². The van der Waals surface area contributed by atoms with Gasteiger partial charge in [-0.15, -0.1) is 0 Å². The van der Waals surface area contributed by atoms with Gasteiger partial charge in [0, 0.05) is 32.2 Å². The molecule has 0 unspecified atom stereocenters. The maximum absolute atomic E-state index is 12.9. The SMILES string of the molecule is CC(C)c1ccc(S(=O)(=O)N2CCN(C3CCCCCC3)CC2)cc1. The molecule has 2 aliphatic rings. The second-order valence-corrected chi connectivity index (χ2v) is 9.75. The van der Waals surface area contributed by atoms with Crippen LogP contribution >= 0.6 is 0 Å². The maximum atomic E-state index is 12.9. The van der Waals surface area contributed by atoms with Crippen LogP contribution in [0.4, 0.5) is 0 Å². The summed E-state index contributed by atoms with van der Waals surface area (Å²) in [7, 11) is -3.36.